The minimum Gasteiger partial charge on any atom is -0.355 e. The molecule has 1 N–H and O–H groups in total. The molecule has 0 aromatic carbocycles. The summed E-state index contributed by atoms with van der Waals surface area (Å²) in [6, 6.07) is 0.180. The van der Waals surface area contributed by atoms with E-state index >= 15 is 0 Å². The molecular weight excluding hydrogens is 240 g/mol. The predicted molar refractivity (Wildman–Crippen MR) is 76.6 cm³/mol. The maximum atomic E-state index is 12.0. The average Bonchev–Trinajstić information content (AvgIpc) is 3.03. The molecule has 1 aliphatic rings. The van der Waals surface area contributed by atoms with Gasteiger partial charge in [0.05, 0.1) is 0 Å². The van der Waals surface area contributed by atoms with Crippen molar-refractivity contribution in [3.8, 4) is 0 Å². The van der Waals surface area contributed by atoms with Gasteiger partial charge in [0, 0.05) is 32.0 Å². The van der Waals surface area contributed by atoms with E-state index in [4.69, 9.17) is 0 Å². The zero-order valence-electron chi connectivity index (χ0n) is 13.1. The lowest BCUT2D eigenvalue weighted by Crippen LogP contribution is -2.44. The third-order valence-electron chi connectivity index (χ3n) is 4.31. The van der Waals surface area contributed by atoms with E-state index in [0.717, 1.165) is 6.42 Å². The summed E-state index contributed by atoms with van der Waals surface area (Å²) in [6.07, 6.45) is 1.37. The third-order valence-corrected chi connectivity index (χ3v) is 4.31. The Morgan fingerprint density at radius 3 is 2.32 bits per heavy atom. The molecule has 0 heterocycles. The second-order valence-electron chi connectivity index (χ2n) is 6.91. The lowest BCUT2D eigenvalue weighted by molar-refractivity contribution is -0.133. The van der Waals surface area contributed by atoms with E-state index in [2.05, 4.69) is 39.9 Å². The molecule has 3 atom stereocenters. The molecule has 4 heteroatoms. The van der Waals surface area contributed by atoms with Crippen LogP contribution in [0.15, 0.2) is 0 Å². The summed E-state index contributed by atoms with van der Waals surface area (Å²) < 4.78 is 0. The smallest absolute Gasteiger partial charge is 0.224 e. The zero-order valence-corrected chi connectivity index (χ0v) is 13.1. The summed E-state index contributed by atoms with van der Waals surface area (Å²) in [5.74, 6) is 0.888. The number of rotatable bonds is 5. The van der Waals surface area contributed by atoms with Gasteiger partial charge in [0.15, 0.2) is 0 Å². The maximum absolute atomic E-state index is 12.0. The Balaban J connectivity index is 2.29. The fourth-order valence-corrected chi connectivity index (χ4v) is 2.08. The normalized spacial score (nSPS) is 23.7. The molecule has 1 rings (SSSR count). The standard InChI is InChI=1S/C15H28N2O2/c1-10-9-12(10)14(19)16-8-7-13(18)17(6)11(2)15(3,4)5/h10-12H,7-9H2,1-6H3,(H,16,19)/t10-,11+,12-/m1/s1. The average molecular weight is 268 g/mol. The molecule has 19 heavy (non-hydrogen) atoms. The number of carbonyl (C=O) groups is 2. The fourth-order valence-electron chi connectivity index (χ4n) is 2.08. The van der Waals surface area contributed by atoms with Crippen LogP contribution >= 0.6 is 0 Å². The minimum absolute atomic E-state index is 0.0666. The van der Waals surface area contributed by atoms with Gasteiger partial charge in [-0.15, -0.1) is 0 Å². The SMILES string of the molecule is C[C@@H]1C[C@H]1C(=O)NCCC(=O)N(C)[C@@H](C)C(C)(C)C. The van der Waals surface area contributed by atoms with Crippen molar-refractivity contribution in [1.29, 1.82) is 0 Å². The molecule has 0 spiro atoms. The Kier molecular flexibility index (Phi) is 4.99. The molecular formula is C15H28N2O2. The van der Waals surface area contributed by atoms with E-state index in [1.807, 2.05) is 7.05 Å². The quantitative estimate of drug-likeness (QED) is 0.829. The Hall–Kier alpha value is -1.06. The van der Waals surface area contributed by atoms with E-state index < -0.39 is 0 Å². The molecule has 2 amide bonds. The first kappa shape index (κ1) is 16.0. The van der Waals surface area contributed by atoms with Crippen LogP contribution < -0.4 is 5.32 Å². The Labute approximate surface area is 116 Å². The first-order chi connectivity index (χ1) is 8.64. The summed E-state index contributed by atoms with van der Waals surface area (Å²) in [5.41, 5.74) is 0.0666. The first-order valence-electron chi connectivity index (χ1n) is 7.18. The highest BCUT2D eigenvalue weighted by molar-refractivity contribution is 5.82. The van der Waals surface area contributed by atoms with Crippen molar-refractivity contribution in [2.75, 3.05) is 13.6 Å². The number of nitrogens with one attached hydrogen (secondary N) is 1. The maximum Gasteiger partial charge on any atom is 0.224 e. The molecule has 0 unspecified atom stereocenters. The van der Waals surface area contributed by atoms with Crippen molar-refractivity contribution in [3.63, 3.8) is 0 Å². The van der Waals surface area contributed by atoms with Crippen LogP contribution in [-0.4, -0.2) is 36.3 Å². The van der Waals surface area contributed by atoms with Gasteiger partial charge in [0.2, 0.25) is 11.8 Å². The van der Waals surface area contributed by atoms with Crippen LogP contribution in [0.2, 0.25) is 0 Å². The van der Waals surface area contributed by atoms with Gasteiger partial charge in [-0.1, -0.05) is 27.7 Å². The Morgan fingerprint density at radius 2 is 1.89 bits per heavy atom. The van der Waals surface area contributed by atoms with Gasteiger partial charge in [0.1, 0.15) is 0 Å². The summed E-state index contributed by atoms with van der Waals surface area (Å²) in [7, 11) is 1.84. The largest absolute Gasteiger partial charge is 0.355 e. The predicted octanol–water partition coefficient (Wildman–Crippen LogP) is 2.04. The van der Waals surface area contributed by atoms with Gasteiger partial charge in [-0.05, 0) is 24.7 Å². The van der Waals surface area contributed by atoms with E-state index in [-0.39, 0.29) is 29.2 Å². The second-order valence-corrected chi connectivity index (χ2v) is 6.91. The van der Waals surface area contributed by atoms with Crippen molar-refractivity contribution in [3.05, 3.63) is 0 Å². The van der Waals surface area contributed by atoms with E-state index in [0.29, 0.717) is 18.9 Å². The summed E-state index contributed by atoms with van der Waals surface area (Å²) in [5, 5.41) is 2.85. The van der Waals surface area contributed by atoms with Crippen molar-refractivity contribution in [2.24, 2.45) is 17.3 Å². The lowest BCUT2D eigenvalue weighted by Gasteiger charge is -2.35. The van der Waals surface area contributed by atoms with Crippen LogP contribution in [0.1, 0.15) is 47.5 Å². The molecule has 110 valence electrons. The highest BCUT2D eigenvalue weighted by Gasteiger charge is 2.38. The van der Waals surface area contributed by atoms with Crippen molar-refractivity contribution < 1.29 is 9.59 Å². The molecule has 0 aromatic heterocycles. The highest BCUT2D eigenvalue weighted by Crippen LogP contribution is 2.37. The molecule has 0 aliphatic heterocycles. The zero-order chi connectivity index (χ0) is 14.8. The molecule has 0 radical (unpaired) electrons. The van der Waals surface area contributed by atoms with Gasteiger partial charge in [0.25, 0.3) is 0 Å². The molecule has 1 fully saturated rings. The van der Waals surface area contributed by atoms with Crippen molar-refractivity contribution >= 4 is 11.8 Å². The van der Waals surface area contributed by atoms with E-state index in [9.17, 15) is 9.59 Å². The van der Waals surface area contributed by atoms with Crippen LogP contribution in [0.3, 0.4) is 0 Å². The van der Waals surface area contributed by atoms with E-state index in [1.54, 1.807) is 4.90 Å². The van der Waals surface area contributed by atoms with Crippen LogP contribution in [-0.2, 0) is 9.59 Å². The third kappa shape index (κ3) is 4.51. The minimum atomic E-state index is 0.0666. The molecule has 0 saturated heterocycles. The Morgan fingerprint density at radius 1 is 1.37 bits per heavy atom. The Bertz CT molecular complexity index is 347. The van der Waals surface area contributed by atoms with Gasteiger partial charge in [-0.3, -0.25) is 9.59 Å². The molecule has 4 nitrogen and oxygen atoms in total. The van der Waals surface area contributed by atoms with Gasteiger partial charge in [-0.2, -0.15) is 0 Å². The van der Waals surface area contributed by atoms with Crippen LogP contribution in [0.5, 0.6) is 0 Å². The monoisotopic (exact) mass is 268 g/mol. The van der Waals surface area contributed by atoms with Gasteiger partial charge in [-0.25, -0.2) is 0 Å². The topological polar surface area (TPSA) is 49.4 Å². The number of hydrogen-bond donors (Lipinski definition) is 1. The number of hydrogen-bond acceptors (Lipinski definition) is 2. The van der Waals surface area contributed by atoms with Gasteiger partial charge >= 0.3 is 0 Å². The van der Waals surface area contributed by atoms with Crippen molar-refractivity contribution in [2.45, 2.75) is 53.5 Å². The van der Waals surface area contributed by atoms with Crippen LogP contribution in [0.4, 0.5) is 0 Å². The fraction of sp³-hybridized carbons (Fsp3) is 0.867. The summed E-state index contributed by atoms with van der Waals surface area (Å²) in [6.45, 7) is 11.0. The van der Waals surface area contributed by atoms with Gasteiger partial charge < -0.3 is 10.2 Å². The number of amides is 2. The summed E-state index contributed by atoms with van der Waals surface area (Å²) >= 11 is 0. The van der Waals surface area contributed by atoms with E-state index in [1.165, 1.54) is 0 Å². The van der Waals surface area contributed by atoms with Crippen LogP contribution in [0.25, 0.3) is 0 Å². The number of nitrogens with zero attached hydrogens (tertiary/aromatic N) is 1. The summed E-state index contributed by atoms with van der Waals surface area (Å²) in [4.78, 5) is 25.4. The highest BCUT2D eigenvalue weighted by atomic mass is 16.2. The molecule has 0 bridgehead atoms. The first-order valence-corrected chi connectivity index (χ1v) is 7.18. The molecule has 1 aliphatic carbocycles. The molecule has 1 saturated carbocycles. The number of carbonyl (C=O) groups excluding carboxylic acids is 2. The lowest BCUT2D eigenvalue weighted by atomic mass is 9.87. The van der Waals surface area contributed by atoms with Crippen molar-refractivity contribution in [1.82, 2.24) is 10.2 Å². The molecule has 0 aromatic rings. The second kappa shape index (κ2) is 5.93. The van der Waals surface area contributed by atoms with Crippen LogP contribution in [0, 0.1) is 17.3 Å².